The lowest BCUT2D eigenvalue weighted by molar-refractivity contribution is 0.103. The lowest BCUT2D eigenvalue weighted by Gasteiger charge is -2.11. The number of ether oxygens (including phenoxy) is 2. The minimum absolute atomic E-state index is 0.0462. The number of hydrogen-bond acceptors (Lipinski definition) is 4. The molecule has 0 aliphatic carbocycles. The van der Waals surface area contributed by atoms with Gasteiger partial charge in [0.1, 0.15) is 11.5 Å². The van der Waals surface area contributed by atoms with Crippen LogP contribution in [0.4, 0.5) is 0 Å². The van der Waals surface area contributed by atoms with E-state index >= 15 is 0 Å². The van der Waals surface area contributed by atoms with Crippen molar-refractivity contribution in [1.29, 1.82) is 0 Å². The van der Waals surface area contributed by atoms with E-state index in [2.05, 4.69) is 15.9 Å². The molecule has 0 N–H and O–H groups in total. The summed E-state index contributed by atoms with van der Waals surface area (Å²) in [6.45, 7) is 1.92. The average molecular weight is 341 g/mol. The molecule has 0 atom stereocenters. The minimum atomic E-state index is -0.0462. The van der Waals surface area contributed by atoms with E-state index in [0.717, 1.165) is 14.9 Å². The zero-order valence-corrected chi connectivity index (χ0v) is 13.2. The van der Waals surface area contributed by atoms with Crippen molar-refractivity contribution in [3.8, 4) is 11.5 Å². The molecule has 19 heavy (non-hydrogen) atoms. The number of carbonyl (C=O) groups is 1. The van der Waals surface area contributed by atoms with E-state index in [9.17, 15) is 4.79 Å². The number of rotatable bonds is 4. The topological polar surface area (TPSA) is 35.5 Å². The lowest BCUT2D eigenvalue weighted by Crippen LogP contribution is -2.04. The van der Waals surface area contributed by atoms with Gasteiger partial charge in [-0.15, -0.1) is 11.3 Å². The Bertz CT molecular complexity index is 619. The van der Waals surface area contributed by atoms with Crippen LogP contribution in [0.5, 0.6) is 11.5 Å². The van der Waals surface area contributed by atoms with Crippen LogP contribution in [0.3, 0.4) is 0 Å². The van der Waals surface area contributed by atoms with Gasteiger partial charge in [-0.1, -0.05) is 0 Å². The molecule has 5 heteroatoms. The van der Waals surface area contributed by atoms with Gasteiger partial charge >= 0.3 is 0 Å². The fourth-order valence-electron chi connectivity index (χ4n) is 1.77. The molecule has 0 saturated heterocycles. The highest BCUT2D eigenvalue weighted by Gasteiger charge is 2.20. The van der Waals surface area contributed by atoms with Crippen molar-refractivity contribution in [1.82, 2.24) is 0 Å². The van der Waals surface area contributed by atoms with Crippen LogP contribution in [0.2, 0.25) is 0 Å². The van der Waals surface area contributed by atoms with Crippen molar-refractivity contribution < 1.29 is 14.3 Å². The first kappa shape index (κ1) is 14.1. The summed E-state index contributed by atoms with van der Waals surface area (Å²) in [5.74, 6) is 1.10. The second kappa shape index (κ2) is 5.75. The van der Waals surface area contributed by atoms with Crippen LogP contribution in [-0.2, 0) is 0 Å². The predicted molar refractivity (Wildman–Crippen MR) is 79.7 cm³/mol. The maximum atomic E-state index is 12.5. The summed E-state index contributed by atoms with van der Waals surface area (Å²) >= 11 is 4.81. The Morgan fingerprint density at radius 1 is 1.21 bits per heavy atom. The van der Waals surface area contributed by atoms with Gasteiger partial charge in [0, 0.05) is 0 Å². The fourth-order valence-corrected chi connectivity index (χ4v) is 3.13. The zero-order valence-electron chi connectivity index (χ0n) is 10.8. The molecule has 0 unspecified atom stereocenters. The van der Waals surface area contributed by atoms with Crippen molar-refractivity contribution in [2.24, 2.45) is 0 Å². The van der Waals surface area contributed by atoms with Gasteiger partial charge < -0.3 is 9.47 Å². The molecule has 3 nitrogen and oxygen atoms in total. The molecular formula is C14H13BrO3S. The van der Waals surface area contributed by atoms with Crippen LogP contribution in [0.1, 0.15) is 20.8 Å². The Hall–Kier alpha value is -1.33. The van der Waals surface area contributed by atoms with Gasteiger partial charge in [-0.25, -0.2) is 0 Å². The Labute approximate surface area is 124 Å². The van der Waals surface area contributed by atoms with Crippen molar-refractivity contribution in [2.45, 2.75) is 6.92 Å². The lowest BCUT2D eigenvalue weighted by atomic mass is 10.1. The smallest absolute Gasteiger partial charge is 0.207 e. The molecule has 1 aromatic carbocycles. The van der Waals surface area contributed by atoms with Crippen LogP contribution in [0, 0.1) is 6.92 Å². The molecule has 0 amide bonds. The van der Waals surface area contributed by atoms with Gasteiger partial charge in [-0.2, -0.15) is 0 Å². The zero-order chi connectivity index (χ0) is 14.0. The maximum absolute atomic E-state index is 12.5. The summed E-state index contributed by atoms with van der Waals surface area (Å²) in [4.78, 5) is 13.3. The molecule has 0 spiro atoms. The molecule has 0 bridgehead atoms. The molecule has 0 fully saturated rings. The van der Waals surface area contributed by atoms with Gasteiger partial charge in [-0.3, -0.25) is 4.79 Å². The van der Waals surface area contributed by atoms with E-state index in [1.54, 1.807) is 26.4 Å². The molecule has 1 aromatic heterocycles. The first-order valence-electron chi connectivity index (χ1n) is 5.58. The Balaban J connectivity index is 2.55. The first-order valence-corrected chi connectivity index (χ1v) is 7.26. The second-order valence-corrected chi connectivity index (χ2v) is 5.72. The summed E-state index contributed by atoms with van der Waals surface area (Å²) in [5, 5.41) is 1.91. The fraction of sp³-hybridized carbons (Fsp3) is 0.214. The molecule has 0 aliphatic rings. The van der Waals surface area contributed by atoms with E-state index < -0.39 is 0 Å². The van der Waals surface area contributed by atoms with Crippen LogP contribution < -0.4 is 9.47 Å². The summed E-state index contributed by atoms with van der Waals surface area (Å²) in [6.07, 6.45) is 0. The average Bonchev–Trinajstić information content (AvgIpc) is 2.83. The number of halogens is 1. The van der Waals surface area contributed by atoms with Crippen LogP contribution >= 0.6 is 27.3 Å². The summed E-state index contributed by atoms with van der Waals surface area (Å²) in [5.41, 5.74) is 1.48. The first-order chi connectivity index (χ1) is 9.08. The second-order valence-electron chi connectivity index (χ2n) is 3.95. The molecular weight excluding hydrogens is 328 g/mol. The van der Waals surface area contributed by atoms with Crippen molar-refractivity contribution >= 4 is 33.0 Å². The Kier molecular flexibility index (Phi) is 4.27. The molecule has 2 aromatic rings. The Morgan fingerprint density at radius 3 is 2.42 bits per heavy atom. The standard InChI is InChI=1S/C14H13BrO3S/c1-8-4-5-19-14(8)13(16)9-6-12(18-3)10(15)7-11(9)17-2/h4-7H,1-3H3. The monoisotopic (exact) mass is 340 g/mol. The normalized spacial score (nSPS) is 10.3. The number of hydrogen-bond donors (Lipinski definition) is 0. The molecule has 100 valence electrons. The van der Waals surface area contributed by atoms with Crippen molar-refractivity contribution in [2.75, 3.05) is 14.2 Å². The highest BCUT2D eigenvalue weighted by atomic mass is 79.9. The number of methoxy groups -OCH3 is 2. The van der Waals surface area contributed by atoms with Gasteiger partial charge in [-0.05, 0) is 52.0 Å². The highest BCUT2D eigenvalue weighted by Crippen LogP contribution is 2.34. The maximum Gasteiger partial charge on any atom is 0.207 e. The van der Waals surface area contributed by atoms with E-state index in [-0.39, 0.29) is 5.78 Å². The number of aryl methyl sites for hydroxylation is 1. The summed E-state index contributed by atoms with van der Waals surface area (Å²) < 4.78 is 11.3. The SMILES string of the molecule is COc1cc(C(=O)c2sccc2C)c(OC)cc1Br. The number of ketones is 1. The van der Waals surface area contributed by atoms with Crippen molar-refractivity contribution in [3.05, 3.63) is 44.1 Å². The number of carbonyl (C=O) groups excluding carboxylic acids is 1. The summed E-state index contributed by atoms with van der Waals surface area (Å²) in [7, 11) is 3.11. The van der Waals surface area contributed by atoms with Crippen LogP contribution in [0.25, 0.3) is 0 Å². The molecule has 0 aliphatic heterocycles. The quantitative estimate of drug-likeness (QED) is 0.787. The molecule has 0 radical (unpaired) electrons. The van der Waals surface area contributed by atoms with Crippen molar-refractivity contribution in [3.63, 3.8) is 0 Å². The number of benzene rings is 1. The third kappa shape index (κ3) is 2.67. The Morgan fingerprint density at radius 2 is 1.89 bits per heavy atom. The third-order valence-electron chi connectivity index (χ3n) is 2.79. The van der Waals surface area contributed by atoms with Gasteiger partial charge in [0.2, 0.25) is 5.78 Å². The third-order valence-corrected chi connectivity index (χ3v) is 4.42. The highest BCUT2D eigenvalue weighted by molar-refractivity contribution is 9.10. The largest absolute Gasteiger partial charge is 0.496 e. The predicted octanol–water partition coefficient (Wildman–Crippen LogP) is 4.07. The molecule has 0 saturated carbocycles. The van der Waals surface area contributed by atoms with Gasteiger partial charge in [0.25, 0.3) is 0 Å². The number of thiophene rings is 1. The van der Waals surface area contributed by atoms with Gasteiger partial charge in [0.15, 0.2) is 0 Å². The van der Waals surface area contributed by atoms with E-state index in [0.29, 0.717) is 17.1 Å². The molecule has 2 rings (SSSR count). The van der Waals surface area contributed by atoms with Gasteiger partial charge in [0.05, 0.1) is 29.1 Å². The van der Waals surface area contributed by atoms with Crippen LogP contribution in [-0.4, -0.2) is 20.0 Å². The van der Waals surface area contributed by atoms with E-state index in [4.69, 9.17) is 9.47 Å². The molecule has 1 heterocycles. The minimum Gasteiger partial charge on any atom is -0.496 e. The van der Waals surface area contributed by atoms with E-state index in [1.165, 1.54) is 11.3 Å². The summed E-state index contributed by atoms with van der Waals surface area (Å²) in [6, 6.07) is 5.37. The van der Waals surface area contributed by atoms with Crippen LogP contribution in [0.15, 0.2) is 28.1 Å². The van der Waals surface area contributed by atoms with E-state index in [1.807, 2.05) is 18.4 Å².